The van der Waals surface area contributed by atoms with Gasteiger partial charge in [-0.15, -0.1) is 0 Å². The van der Waals surface area contributed by atoms with E-state index in [4.69, 9.17) is 22.1 Å². The van der Waals surface area contributed by atoms with Crippen LogP contribution in [0.15, 0.2) is 48.5 Å². The van der Waals surface area contributed by atoms with Crippen LogP contribution in [-0.2, 0) is 25.4 Å². The van der Waals surface area contributed by atoms with E-state index in [9.17, 15) is 24.3 Å². The molecule has 1 saturated heterocycles. The maximum atomic E-state index is 12.7. The van der Waals surface area contributed by atoms with Gasteiger partial charge in [-0.2, -0.15) is 0 Å². The lowest BCUT2D eigenvalue weighted by molar-refractivity contribution is -0.121. The summed E-state index contributed by atoms with van der Waals surface area (Å²) in [5, 5.41) is 18.9. The minimum Gasteiger partial charge on any atom is -0.447 e. The van der Waals surface area contributed by atoms with Gasteiger partial charge >= 0.3 is 12.2 Å². The summed E-state index contributed by atoms with van der Waals surface area (Å²) in [6.07, 6.45) is 4.12. The first-order valence-corrected chi connectivity index (χ1v) is 22.3. The van der Waals surface area contributed by atoms with Crippen molar-refractivity contribution in [3.63, 3.8) is 0 Å². The van der Waals surface area contributed by atoms with Crippen LogP contribution < -0.4 is 16.0 Å². The number of carbonyl (C=O) groups excluding carboxylic acids is 3. The first kappa shape index (κ1) is 42.9. The van der Waals surface area contributed by atoms with E-state index in [1.807, 2.05) is 75.5 Å². The standard InChI is InChI=1S/C41H58BN3O8Si/c1-41(2,54(3,4)50)27-33-37(47)35(52-38(33)42)28-51-39(48)44-24-14-6-5-13-23-43-36(46)20-8-7-15-25-45-40(49)53-34-26-31-18-10-9-16-29(31)21-22-30-17-11-12-19-32(30)34/h9-12,16-19,33-35,37-38,47,50H,5-8,13-15,20,23-28H2,1-4H3,(H,43,46)(H,44,48)(H,45,49)/t33?,34?,35-,37-,38-/m1/s1. The summed E-state index contributed by atoms with van der Waals surface area (Å²) in [5.74, 6) is 6.12. The first-order valence-electron chi connectivity index (χ1n) is 19.4. The Kier molecular flexibility index (Phi) is 16.5. The minimum absolute atomic E-state index is 0.0181. The molecule has 0 spiro atoms. The third kappa shape index (κ3) is 13.2. The van der Waals surface area contributed by atoms with Crippen LogP contribution in [0.5, 0.6) is 0 Å². The summed E-state index contributed by atoms with van der Waals surface area (Å²) in [6, 6.07) is 15.0. The summed E-state index contributed by atoms with van der Waals surface area (Å²) in [5.41, 5.74) is 3.74. The fourth-order valence-electron chi connectivity index (χ4n) is 6.60. The monoisotopic (exact) mass is 759 g/mol. The zero-order valence-corrected chi connectivity index (χ0v) is 33.3. The van der Waals surface area contributed by atoms with Gasteiger partial charge in [0.1, 0.15) is 26.7 Å². The van der Waals surface area contributed by atoms with Crippen molar-refractivity contribution >= 4 is 34.3 Å². The number of fused-ring (bicyclic) bond motifs is 2. The molecule has 5 atom stereocenters. The third-order valence-corrected chi connectivity index (χ3v) is 14.2. The molecule has 3 amide bonds. The van der Waals surface area contributed by atoms with Crippen LogP contribution in [0.2, 0.25) is 18.1 Å². The molecule has 2 aromatic rings. The number of benzene rings is 2. The van der Waals surface area contributed by atoms with Gasteiger partial charge < -0.3 is 40.1 Å². The summed E-state index contributed by atoms with van der Waals surface area (Å²) < 4.78 is 16.8. The molecule has 0 aromatic heterocycles. The lowest BCUT2D eigenvalue weighted by atomic mass is 9.79. The normalized spacial score (nSPS) is 20.6. The molecule has 0 bridgehead atoms. The van der Waals surface area contributed by atoms with E-state index in [1.54, 1.807) is 0 Å². The molecule has 54 heavy (non-hydrogen) atoms. The number of aliphatic hydroxyl groups excluding tert-OH is 1. The van der Waals surface area contributed by atoms with Gasteiger partial charge in [0, 0.05) is 61.1 Å². The molecule has 4 rings (SSSR count). The molecule has 2 unspecified atom stereocenters. The molecule has 1 aliphatic heterocycles. The topological polar surface area (TPSA) is 155 Å². The SMILES string of the molecule is [B][C@@H]1O[C@H](COC(=O)NCCCCCCNC(=O)CCCCCNC(=O)OC2Cc3ccccc3C#Cc3ccccc32)[C@H](O)C1CC(C)(C)[Si](C)(C)O. The van der Waals surface area contributed by atoms with Crippen LogP contribution in [0.3, 0.4) is 0 Å². The molecular weight excluding hydrogens is 701 g/mol. The Bertz CT molecular complexity index is 1610. The molecule has 5 N–H and O–H groups in total. The van der Waals surface area contributed by atoms with Crippen molar-refractivity contribution in [1.29, 1.82) is 0 Å². The van der Waals surface area contributed by atoms with E-state index in [-0.39, 0.29) is 23.5 Å². The average Bonchev–Trinajstić information content (AvgIpc) is 3.38. The number of ether oxygens (including phenoxy) is 3. The molecule has 1 heterocycles. The van der Waals surface area contributed by atoms with Gasteiger partial charge in [-0.25, -0.2) is 9.59 Å². The van der Waals surface area contributed by atoms with Crippen LogP contribution in [0.25, 0.3) is 0 Å². The van der Waals surface area contributed by atoms with Gasteiger partial charge in [0.15, 0.2) is 8.32 Å². The molecule has 0 saturated carbocycles. The van der Waals surface area contributed by atoms with Crippen molar-refractivity contribution in [1.82, 2.24) is 16.0 Å². The Hall–Kier alpha value is -3.83. The number of hydrogen-bond donors (Lipinski definition) is 5. The van der Waals surface area contributed by atoms with Crippen molar-refractivity contribution in [2.24, 2.45) is 5.92 Å². The highest BCUT2D eigenvalue weighted by Crippen LogP contribution is 2.45. The molecule has 1 aliphatic carbocycles. The number of unbranched alkanes of at least 4 members (excludes halogenated alkanes) is 5. The second kappa shape index (κ2) is 20.7. The van der Waals surface area contributed by atoms with Gasteiger partial charge in [0.2, 0.25) is 5.91 Å². The Balaban J connectivity index is 0.980. The number of rotatable bonds is 19. The minimum atomic E-state index is -2.49. The zero-order valence-electron chi connectivity index (χ0n) is 32.3. The van der Waals surface area contributed by atoms with Crippen LogP contribution >= 0.6 is 0 Å². The molecule has 11 nitrogen and oxygen atoms in total. The van der Waals surface area contributed by atoms with Crippen LogP contribution in [0.1, 0.15) is 100.0 Å². The van der Waals surface area contributed by atoms with Crippen molar-refractivity contribution in [3.8, 4) is 11.8 Å². The van der Waals surface area contributed by atoms with E-state index < -0.39 is 44.8 Å². The lowest BCUT2D eigenvalue weighted by Gasteiger charge is -2.38. The Labute approximate surface area is 323 Å². The quantitative estimate of drug-likeness (QED) is 0.0704. The lowest BCUT2D eigenvalue weighted by Crippen LogP contribution is -2.43. The van der Waals surface area contributed by atoms with Crippen LogP contribution in [0.4, 0.5) is 9.59 Å². The predicted octanol–water partition coefficient (Wildman–Crippen LogP) is 5.61. The fraction of sp³-hybridized carbons (Fsp3) is 0.585. The van der Waals surface area contributed by atoms with Crippen molar-refractivity contribution in [2.45, 2.75) is 121 Å². The van der Waals surface area contributed by atoms with E-state index in [0.717, 1.165) is 67.2 Å². The predicted molar refractivity (Wildman–Crippen MR) is 211 cm³/mol. The van der Waals surface area contributed by atoms with E-state index in [1.165, 1.54) is 0 Å². The van der Waals surface area contributed by atoms with E-state index in [2.05, 4.69) is 27.8 Å². The molecule has 13 heteroatoms. The summed E-state index contributed by atoms with van der Waals surface area (Å²) in [6.45, 7) is 9.11. The van der Waals surface area contributed by atoms with Gasteiger partial charge in [0.25, 0.3) is 0 Å². The molecule has 292 valence electrons. The highest BCUT2D eigenvalue weighted by molar-refractivity contribution is 6.72. The van der Waals surface area contributed by atoms with E-state index >= 15 is 0 Å². The van der Waals surface area contributed by atoms with Crippen molar-refractivity contribution < 1.29 is 38.5 Å². The fourth-order valence-corrected chi connectivity index (χ4v) is 7.33. The smallest absolute Gasteiger partial charge is 0.407 e. The molecular formula is C41H58BN3O8Si. The zero-order chi connectivity index (χ0) is 39.1. The Morgan fingerprint density at radius 1 is 0.870 bits per heavy atom. The molecule has 2 aliphatic rings. The number of aliphatic hydroxyl groups is 1. The number of carbonyl (C=O) groups is 3. The number of alkyl carbamates (subject to hydrolysis) is 2. The van der Waals surface area contributed by atoms with Gasteiger partial charge in [-0.3, -0.25) is 4.79 Å². The highest BCUT2D eigenvalue weighted by Gasteiger charge is 2.47. The third-order valence-electron chi connectivity index (χ3n) is 10.7. The van der Waals surface area contributed by atoms with Crippen molar-refractivity contribution in [3.05, 3.63) is 70.8 Å². The van der Waals surface area contributed by atoms with Crippen molar-refractivity contribution in [2.75, 3.05) is 26.2 Å². The Morgan fingerprint density at radius 3 is 2.17 bits per heavy atom. The van der Waals surface area contributed by atoms with Gasteiger partial charge in [0.05, 0.1) is 6.10 Å². The van der Waals surface area contributed by atoms with Crippen LogP contribution in [-0.4, -0.2) is 88.6 Å². The number of amides is 3. The number of nitrogens with one attached hydrogen (secondary N) is 3. The summed E-state index contributed by atoms with van der Waals surface area (Å²) in [4.78, 5) is 47.7. The van der Waals surface area contributed by atoms with Crippen LogP contribution in [0, 0.1) is 17.8 Å². The first-order chi connectivity index (χ1) is 25.7. The number of hydrogen-bond acceptors (Lipinski definition) is 8. The summed E-state index contributed by atoms with van der Waals surface area (Å²) in [7, 11) is 3.64. The molecule has 1 fully saturated rings. The second-order valence-electron chi connectivity index (χ2n) is 15.6. The molecule has 2 aromatic carbocycles. The molecule has 2 radical (unpaired) electrons. The summed E-state index contributed by atoms with van der Waals surface area (Å²) >= 11 is 0. The van der Waals surface area contributed by atoms with Gasteiger partial charge in [-0.1, -0.05) is 81.3 Å². The largest absolute Gasteiger partial charge is 0.447 e. The van der Waals surface area contributed by atoms with E-state index in [0.29, 0.717) is 38.9 Å². The average molecular weight is 760 g/mol. The van der Waals surface area contributed by atoms with Gasteiger partial charge in [-0.05, 0) is 67.9 Å². The Morgan fingerprint density at radius 2 is 1.46 bits per heavy atom. The second-order valence-corrected chi connectivity index (χ2v) is 20.0. The maximum Gasteiger partial charge on any atom is 0.407 e. The highest BCUT2D eigenvalue weighted by atomic mass is 28.4. The maximum absolute atomic E-state index is 12.7.